The maximum atomic E-state index is 12.2. The molecule has 4 bridgehead atoms. The first-order valence-corrected chi connectivity index (χ1v) is 8.10. The lowest BCUT2D eigenvalue weighted by Gasteiger charge is -2.55. The van der Waals surface area contributed by atoms with E-state index in [-0.39, 0.29) is 18.2 Å². The minimum absolute atomic E-state index is 0.0196. The molecule has 3 nitrogen and oxygen atoms in total. The van der Waals surface area contributed by atoms with Gasteiger partial charge in [-0.05, 0) is 68.4 Å². The number of hydrogen-bond donors (Lipinski definition) is 0. The van der Waals surface area contributed by atoms with Crippen LogP contribution in [0, 0.1) is 17.8 Å². The van der Waals surface area contributed by atoms with Crippen LogP contribution in [0.2, 0.25) is 0 Å². The smallest absolute Gasteiger partial charge is 0.344 e. The van der Waals surface area contributed by atoms with Crippen molar-refractivity contribution in [3.63, 3.8) is 0 Å². The highest BCUT2D eigenvalue weighted by Gasteiger charge is 2.53. The summed E-state index contributed by atoms with van der Waals surface area (Å²) in [5.74, 6) is 2.89. The van der Waals surface area contributed by atoms with Gasteiger partial charge in [0, 0.05) is 0 Å². The lowest BCUT2D eigenvalue weighted by molar-refractivity contribution is -0.188. The number of rotatable bonds is 4. The molecule has 4 fully saturated rings. The molecule has 21 heavy (non-hydrogen) atoms. The van der Waals surface area contributed by atoms with E-state index in [1.807, 2.05) is 30.3 Å². The topological polar surface area (TPSA) is 35.5 Å². The first kappa shape index (κ1) is 13.2. The molecule has 0 atom stereocenters. The quantitative estimate of drug-likeness (QED) is 0.794. The summed E-state index contributed by atoms with van der Waals surface area (Å²) >= 11 is 0. The Morgan fingerprint density at radius 3 is 2.14 bits per heavy atom. The highest BCUT2D eigenvalue weighted by molar-refractivity contribution is 5.71. The Hall–Kier alpha value is -1.51. The Balaban J connectivity index is 1.36. The monoisotopic (exact) mass is 286 g/mol. The number of carbonyl (C=O) groups is 1. The summed E-state index contributed by atoms with van der Waals surface area (Å²) in [6, 6.07) is 9.45. The third-order valence-electron chi connectivity index (χ3n) is 5.41. The molecule has 0 spiro atoms. The van der Waals surface area contributed by atoms with Crippen molar-refractivity contribution in [2.24, 2.45) is 17.8 Å². The molecular formula is C18H22O3. The lowest BCUT2D eigenvalue weighted by Crippen LogP contribution is -2.53. The van der Waals surface area contributed by atoms with Crippen LogP contribution >= 0.6 is 0 Å². The molecule has 0 aromatic heterocycles. The standard InChI is InChI=1S/C18H22O3/c19-17(12-20-16-4-2-1-3-5-16)21-18-9-13-6-14(10-18)8-15(7-13)11-18/h1-5,13-15H,6-12H2. The Kier molecular flexibility index (Phi) is 3.16. The van der Waals surface area contributed by atoms with E-state index >= 15 is 0 Å². The third-order valence-corrected chi connectivity index (χ3v) is 5.41. The largest absolute Gasteiger partial charge is 0.482 e. The van der Waals surface area contributed by atoms with E-state index in [9.17, 15) is 4.79 Å². The van der Waals surface area contributed by atoms with Gasteiger partial charge in [0.15, 0.2) is 6.61 Å². The van der Waals surface area contributed by atoms with Crippen LogP contribution in [0.1, 0.15) is 38.5 Å². The Morgan fingerprint density at radius 2 is 1.57 bits per heavy atom. The van der Waals surface area contributed by atoms with Gasteiger partial charge in [0.1, 0.15) is 11.4 Å². The molecule has 4 aliphatic carbocycles. The van der Waals surface area contributed by atoms with E-state index in [1.54, 1.807) is 0 Å². The molecule has 1 aromatic rings. The normalized spacial score (nSPS) is 36.5. The SMILES string of the molecule is O=C(COc1ccccc1)OC12CC3CC(CC(C3)C1)C2. The van der Waals surface area contributed by atoms with E-state index in [2.05, 4.69) is 0 Å². The molecule has 4 saturated carbocycles. The number of para-hydroxylation sites is 1. The second kappa shape index (κ2) is 5.04. The molecule has 4 aliphatic rings. The van der Waals surface area contributed by atoms with Crippen LogP contribution < -0.4 is 4.74 Å². The molecule has 0 amide bonds. The molecule has 3 heteroatoms. The molecule has 0 radical (unpaired) electrons. The van der Waals surface area contributed by atoms with E-state index in [0.29, 0.717) is 0 Å². The summed E-state index contributed by atoms with van der Waals surface area (Å²) in [7, 11) is 0. The molecular weight excluding hydrogens is 264 g/mol. The van der Waals surface area contributed by atoms with Crippen molar-refractivity contribution in [2.45, 2.75) is 44.1 Å². The molecule has 0 N–H and O–H groups in total. The highest BCUT2D eigenvalue weighted by Crippen LogP contribution is 2.57. The van der Waals surface area contributed by atoms with E-state index in [0.717, 1.165) is 42.8 Å². The molecule has 0 saturated heterocycles. The first-order valence-electron chi connectivity index (χ1n) is 8.10. The maximum Gasteiger partial charge on any atom is 0.344 e. The van der Waals surface area contributed by atoms with Gasteiger partial charge in [0.25, 0.3) is 0 Å². The fourth-order valence-corrected chi connectivity index (χ4v) is 5.09. The Labute approximate surface area is 125 Å². The minimum Gasteiger partial charge on any atom is -0.482 e. The molecule has 0 heterocycles. The number of esters is 1. The number of benzene rings is 1. The van der Waals surface area contributed by atoms with Crippen LogP contribution in [0.15, 0.2) is 30.3 Å². The second-order valence-electron chi connectivity index (χ2n) is 7.18. The van der Waals surface area contributed by atoms with E-state index in [1.165, 1.54) is 19.3 Å². The fourth-order valence-electron chi connectivity index (χ4n) is 5.09. The van der Waals surface area contributed by atoms with Crippen molar-refractivity contribution in [1.82, 2.24) is 0 Å². The van der Waals surface area contributed by atoms with Crippen molar-refractivity contribution in [3.8, 4) is 5.75 Å². The van der Waals surface area contributed by atoms with Crippen molar-refractivity contribution in [3.05, 3.63) is 30.3 Å². The molecule has 0 aliphatic heterocycles. The molecule has 112 valence electrons. The minimum atomic E-state index is -0.208. The predicted molar refractivity (Wildman–Crippen MR) is 78.9 cm³/mol. The summed E-state index contributed by atoms with van der Waals surface area (Å²) in [6.45, 7) is 0.0196. The molecule has 1 aromatic carbocycles. The summed E-state index contributed by atoms with van der Waals surface area (Å²) in [5, 5.41) is 0. The van der Waals surface area contributed by atoms with Gasteiger partial charge in [0.05, 0.1) is 0 Å². The summed E-state index contributed by atoms with van der Waals surface area (Å²) in [4.78, 5) is 12.2. The maximum absolute atomic E-state index is 12.2. The summed E-state index contributed by atoms with van der Waals surface area (Å²) in [5.41, 5.74) is -0.161. The van der Waals surface area contributed by atoms with Gasteiger partial charge >= 0.3 is 5.97 Å². The van der Waals surface area contributed by atoms with Crippen LogP contribution in [-0.2, 0) is 9.53 Å². The van der Waals surface area contributed by atoms with Gasteiger partial charge in [-0.1, -0.05) is 18.2 Å². The zero-order valence-electron chi connectivity index (χ0n) is 12.3. The van der Waals surface area contributed by atoms with E-state index in [4.69, 9.17) is 9.47 Å². The average molecular weight is 286 g/mol. The van der Waals surface area contributed by atoms with Crippen LogP contribution in [-0.4, -0.2) is 18.2 Å². The molecule has 0 unspecified atom stereocenters. The van der Waals surface area contributed by atoms with Gasteiger partial charge in [-0.3, -0.25) is 0 Å². The van der Waals surface area contributed by atoms with Gasteiger partial charge < -0.3 is 9.47 Å². The zero-order chi connectivity index (χ0) is 14.3. The van der Waals surface area contributed by atoms with Crippen molar-refractivity contribution in [2.75, 3.05) is 6.61 Å². The van der Waals surface area contributed by atoms with Gasteiger partial charge in [-0.2, -0.15) is 0 Å². The Morgan fingerprint density at radius 1 is 1.00 bits per heavy atom. The van der Waals surface area contributed by atoms with Crippen LogP contribution in [0.3, 0.4) is 0 Å². The van der Waals surface area contributed by atoms with Gasteiger partial charge in [-0.15, -0.1) is 0 Å². The molecule has 5 rings (SSSR count). The predicted octanol–water partition coefficient (Wildman–Crippen LogP) is 3.58. The van der Waals surface area contributed by atoms with E-state index < -0.39 is 0 Å². The fraction of sp³-hybridized carbons (Fsp3) is 0.611. The number of carbonyl (C=O) groups excluding carboxylic acids is 1. The summed E-state index contributed by atoms with van der Waals surface area (Å²) in [6.07, 6.45) is 7.31. The second-order valence-corrected chi connectivity index (χ2v) is 7.18. The van der Waals surface area contributed by atoms with Gasteiger partial charge in [-0.25, -0.2) is 4.79 Å². The Bertz CT molecular complexity index is 487. The first-order chi connectivity index (χ1) is 10.2. The van der Waals surface area contributed by atoms with Crippen molar-refractivity contribution in [1.29, 1.82) is 0 Å². The van der Waals surface area contributed by atoms with Crippen LogP contribution in [0.4, 0.5) is 0 Å². The van der Waals surface area contributed by atoms with Crippen molar-refractivity contribution < 1.29 is 14.3 Å². The number of hydrogen-bond acceptors (Lipinski definition) is 3. The van der Waals surface area contributed by atoms with Crippen LogP contribution in [0.5, 0.6) is 5.75 Å². The number of ether oxygens (including phenoxy) is 2. The van der Waals surface area contributed by atoms with Crippen LogP contribution in [0.25, 0.3) is 0 Å². The third kappa shape index (κ3) is 2.66. The zero-order valence-corrected chi connectivity index (χ0v) is 12.3. The van der Waals surface area contributed by atoms with Gasteiger partial charge in [0.2, 0.25) is 0 Å². The highest BCUT2D eigenvalue weighted by atomic mass is 16.6. The summed E-state index contributed by atoms with van der Waals surface area (Å²) < 4.78 is 11.4. The lowest BCUT2D eigenvalue weighted by atomic mass is 9.54. The van der Waals surface area contributed by atoms with Crippen molar-refractivity contribution >= 4 is 5.97 Å². The average Bonchev–Trinajstić information content (AvgIpc) is 2.44.